The van der Waals surface area contributed by atoms with Gasteiger partial charge in [0.15, 0.2) is 0 Å². The van der Waals surface area contributed by atoms with Gasteiger partial charge in [-0.15, -0.1) is 12.4 Å². The van der Waals surface area contributed by atoms with Crippen LogP contribution in [0.15, 0.2) is 42.5 Å². The number of methoxy groups -OCH3 is 1. The van der Waals surface area contributed by atoms with Crippen LogP contribution in [0.5, 0.6) is 5.75 Å². The molecule has 6 heteroatoms. The van der Waals surface area contributed by atoms with Crippen molar-refractivity contribution in [3.8, 4) is 5.75 Å². The molecular weight excluding hydrogens is 424 g/mol. The zero-order chi connectivity index (χ0) is 21.3. The lowest BCUT2D eigenvalue weighted by molar-refractivity contribution is -0.0946. The highest BCUT2D eigenvalue weighted by molar-refractivity contribution is 5.94. The molecule has 0 radical (unpaired) electrons. The smallest absolute Gasteiger partial charge is 0.253 e. The maximum atomic E-state index is 13.1. The number of nitrogens with zero attached hydrogens (tertiary/aromatic N) is 1. The van der Waals surface area contributed by atoms with Crippen LogP contribution < -0.4 is 10.1 Å². The van der Waals surface area contributed by atoms with Gasteiger partial charge < -0.3 is 19.7 Å². The second kappa shape index (κ2) is 9.82. The molecule has 3 aliphatic heterocycles. The van der Waals surface area contributed by atoms with Crippen molar-refractivity contribution in [2.75, 3.05) is 39.9 Å². The van der Waals surface area contributed by atoms with Gasteiger partial charge in [0, 0.05) is 24.2 Å². The molecule has 2 saturated heterocycles. The van der Waals surface area contributed by atoms with Crippen LogP contribution in [-0.4, -0.2) is 50.7 Å². The van der Waals surface area contributed by atoms with E-state index in [1.165, 1.54) is 23.1 Å². The molecule has 172 valence electrons. The summed E-state index contributed by atoms with van der Waals surface area (Å²) in [6.45, 7) is 4.35. The zero-order valence-electron chi connectivity index (χ0n) is 18.8. The van der Waals surface area contributed by atoms with E-state index < -0.39 is 0 Å². The van der Waals surface area contributed by atoms with Crippen molar-refractivity contribution in [2.45, 2.75) is 37.7 Å². The predicted molar refractivity (Wildman–Crippen MR) is 128 cm³/mol. The van der Waals surface area contributed by atoms with E-state index in [-0.39, 0.29) is 23.9 Å². The Morgan fingerprint density at radius 2 is 1.97 bits per heavy atom. The fourth-order valence-electron chi connectivity index (χ4n) is 5.55. The van der Waals surface area contributed by atoms with Crippen molar-refractivity contribution in [1.82, 2.24) is 10.2 Å². The first-order chi connectivity index (χ1) is 15.2. The van der Waals surface area contributed by atoms with Gasteiger partial charge in [-0.3, -0.25) is 4.79 Å². The minimum atomic E-state index is -0.337. The Labute approximate surface area is 196 Å². The Hall–Kier alpha value is -2.08. The van der Waals surface area contributed by atoms with Gasteiger partial charge in [0.2, 0.25) is 0 Å². The largest absolute Gasteiger partial charge is 0.496 e. The Bertz CT molecular complexity index is 918. The Balaban J connectivity index is 0.00000245. The quantitative estimate of drug-likeness (QED) is 0.756. The standard InChI is InChI=1S/C26H32N2O3.ClH/c1-30-23-4-2-3-21-10-16-31-26(24(21)23)11-14-28(15-12-26)25(29)22-7-5-19(6-8-22)17-20-9-13-27-18-20;/h2-8,20,27H,9-18H2,1H3;1H. The van der Waals surface area contributed by atoms with Crippen LogP contribution in [0.4, 0.5) is 0 Å². The second-order valence-corrected chi connectivity index (χ2v) is 9.14. The van der Waals surface area contributed by atoms with E-state index >= 15 is 0 Å². The number of nitrogens with one attached hydrogen (secondary N) is 1. The van der Waals surface area contributed by atoms with E-state index in [0.717, 1.165) is 62.6 Å². The summed E-state index contributed by atoms with van der Waals surface area (Å²) in [7, 11) is 1.73. The highest BCUT2D eigenvalue weighted by Gasteiger charge is 2.43. The summed E-state index contributed by atoms with van der Waals surface area (Å²) in [5.74, 6) is 1.75. The molecule has 1 amide bonds. The summed E-state index contributed by atoms with van der Waals surface area (Å²) in [6, 6.07) is 14.5. The fourth-order valence-corrected chi connectivity index (χ4v) is 5.55. The normalized spacial score (nSPS) is 21.7. The number of fused-ring (bicyclic) bond motifs is 2. The number of benzene rings is 2. The number of hydrogen-bond acceptors (Lipinski definition) is 4. The molecule has 2 aromatic carbocycles. The van der Waals surface area contributed by atoms with Crippen LogP contribution in [0.2, 0.25) is 0 Å². The Morgan fingerprint density at radius 3 is 2.66 bits per heavy atom. The number of likely N-dealkylation sites (tertiary alicyclic amines) is 1. The lowest BCUT2D eigenvalue weighted by Gasteiger charge is -2.45. The number of carbonyl (C=O) groups excluding carboxylic acids is 1. The number of piperidine rings is 1. The summed E-state index contributed by atoms with van der Waals surface area (Å²) < 4.78 is 12.0. The summed E-state index contributed by atoms with van der Waals surface area (Å²) in [6.07, 6.45) is 4.86. The van der Waals surface area contributed by atoms with E-state index in [9.17, 15) is 4.79 Å². The van der Waals surface area contributed by atoms with E-state index in [2.05, 4.69) is 29.6 Å². The maximum absolute atomic E-state index is 13.1. The highest BCUT2D eigenvalue weighted by atomic mass is 35.5. The van der Waals surface area contributed by atoms with E-state index in [1.54, 1.807) is 7.11 Å². The molecule has 3 aliphatic rings. The van der Waals surface area contributed by atoms with Gasteiger partial charge in [-0.1, -0.05) is 24.3 Å². The van der Waals surface area contributed by atoms with Crippen LogP contribution in [0, 0.1) is 5.92 Å². The number of carbonyl (C=O) groups is 1. The Kier molecular flexibility index (Phi) is 7.08. The zero-order valence-corrected chi connectivity index (χ0v) is 19.6. The molecule has 32 heavy (non-hydrogen) atoms. The molecule has 0 bridgehead atoms. The molecule has 1 N–H and O–H groups in total. The number of hydrogen-bond donors (Lipinski definition) is 1. The molecule has 3 heterocycles. The van der Waals surface area contributed by atoms with Crippen LogP contribution in [0.3, 0.4) is 0 Å². The van der Waals surface area contributed by atoms with Crippen molar-refractivity contribution in [1.29, 1.82) is 0 Å². The number of halogens is 1. The summed E-state index contributed by atoms with van der Waals surface area (Å²) in [4.78, 5) is 15.1. The van der Waals surface area contributed by atoms with Gasteiger partial charge in [-0.2, -0.15) is 0 Å². The second-order valence-electron chi connectivity index (χ2n) is 9.14. The summed E-state index contributed by atoms with van der Waals surface area (Å²) >= 11 is 0. The highest BCUT2D eigenvalue weighted by Crippen LogP contribution is 2.45. The SMILES string of the molecule is COc1cccc2c1C1(CCN(C(=O)c3ccc(CC4CCNC4)cc3)CC1)OCC2.Cl. The summed E-state index contributed by atoms with van der Waals surface area (Å²) in [5, 5.41) is 3.42. The summed E-state index contributed by atoms with van der Waals surface area (Å²) in [5.41, 5.74) is 4.28. The molecular formula is C26H33ClN2O3. The van der Waals surface area contributed by atoms with Crippen molar-refractivity contribution in [2.24, 2.45) is 5.92 Å². The third-order valence-corrected chi connectivity index (χ3v) is 7.28. The predicted octanol–water partition coefficient (Wildman–Crippen LogP) is 3.97. The monoisotopic (exact) mass is 456 g/mol. The van der Waals surface area contributed by atoms with E-state index in [0.29, 0.717) is 13.1 Å². The molecule has 5 nitrogen and oxygen atoms in total. The van der Waals surface area contributed by atoms with Gasteiger partial charge >= 0.3 is 0 Å². The number of amides is 1. The lowest BCUT2D eigenvalue weighted by Crippen LogP contribution is -2.48. The van der Waals surface area contributed by atoms with Crippen LogP contribution in [0.1, 0.15) is 46.3 Å². The minimum Gasteiger partial charge on any atom is -0.496 e. The minimum absolute atomic E-state index is 0. The number of ether oxygens (including phenoxy) is 2. The third-order valence-electron chi connectivity index (χ3n) is 7.28. The average molecular weight is 457 g/mol. The topological polar surface area (TPSA) is 50.8 Å². The van der Waals surface area contributed by atoms with Gasteiger partial charge in [0.25, 0.3) is 5.91 Å². The third kappa shape index (κ3) is 4.39. The Morgan fingerprint density at radius 1 is 1.19 bits per heavy atom. The van der Waals surface area contributed by atoms with Crippen molar-refractivity contribution < 1.29 is 14.3 Å². The number of rotatable bonds is 4. The average Bonchev–Trinajstić information content (AvgIpc) is 3.32. The molecule has 2 fully saturated rings. The van der Waals surface area contributed by atoms with Gasteiger partial charge in [0.1, 0.15) is 11.4 Å². The van der Waals surface area contributed by atoms with Crippen LogP contribution in [0.25, 0.3) is 0 Å². The van der Waals surface area contributed by atoms with Crippen LogP contribution >= 0.6 is 12.4 Å². The maximum Gasteiger partial charge on any atom is 0.253 e. The van der Waals surface area contributed by atoms with E-state index in [1.807, 2.05) is 23.1 Å². The fraction of sp³-hybridized carbons (Fsp3) is 0.500. The van der Waals surface area contributed by atoms with Crippen LogP contribution in [-0.2, 0) is 23.2 Å². The molecule has 1 spiro atoms. The van der Waals surface area contributed by atoms with Crippen molar-refractivity contribution in [3.05, 3.63) is 64.7 Å². The molecule has 0 saturated carbocycles. The first-order valence-electron chi connectivity index (χ1n) is 11.6. The molecule has 0 aliphatic carbocycles. The molecule has 0 aromatic heterocycles. The van der Waals surface area contributed by atoms with Gasteiger partial charge in [-0.25, -0.2) is 0 Å². The molecule has 2 aromatic rings. The molecule has 1 unspecified atom stereocenters. The van der Waals surface area contributed by atoms with Crippen molar-refractivity contribution in [3.63, 3.8) is 0 Å². The van der Waals surface area contributed by atoms with E-state index in [4.69, 9.17) is 9.47 Å². The molecule has 5 rings (SSSR count). The molecule has 1 atom stereocenters. The first-order valence-corrected chi connectivity index (χ1v) is 11.6. The van der Waals surface area contributed by atoms with Crippen molar-refractivity contribution >= 4 is 18.3 Å². The lowest BCUT2D eigenvalue weighted by atomic mass is 9.78. The van der Waals surface area contributed by atoms with Gasteiger partial charge in [-0.05, 0) is 80.4 Å². The van der Waals surface area contributed by atoms with Gasteiger partial charge in [0.05, 0.1) is 13.7 Å². The first kappa shape index (κ1) is 23.1.